The molecule has 1 saturated heterocycles. The Kier molecular flexibility index (Phi) is 3.34. The third-order valence-electron chi connectivity index (χ3n) is 2.36. The van der Waals surface area contributed by atoms with Crippen LogP contribution < -0.4 is 4.90 Å². The fourth-order valence-electron chi connectivity index (χ4n) is 1.66. The van der Waals surface area contributed by atoms with Crippen LogP contribution in [0.1, 0.15) is 5.69 Å². The summed E-state index contributed by atoms with van der Waals surface area (Å²) in [5.74, 6) is 0. The molecule has 0 N–H and O–H groups in total. The van der Waals surface area contributed by atoms with Gasteiger partial charge in [0.05, 0.1) is 23.9 Å². The molecule has 0 saturated carbocycles. The maximum absolute atomic E-state index is 6.16. The van der Waals surface area contributed by atoms with Gasteiger partial charge in [-0.3, -0.25) is 0 Å². The molecule has 0 aliphatic carbocycles. The van der Waals surface area contributed by atoms with Crippen LogP contribution in [0.15, 0.2) is 6.07 Å². The first-order valence-corrected chi connectivity index (χ1v) is 5.59. The van der Waals surface area contributed by atoms with Gasteiger partial charge in [-0.05, 0) is 13.0 Å². The van der Waals surface area contributed by atoms with Crippen molar-refractivity contribution in [3.8, 4) is 0 Å². The van der Waals surface area contributed by atoms with Crippen molar-refractivity contribution in [1.29, 1.82) is 0 Å². The topological polar surface area (TPSA) is 25.4 Å². The normalized spacial score (nSPS) is 16.9. The molecule has 1 aliphatic rings. The van der Waals surface area contributed by atoms with E-state index in [1.165, 1.54) is 0 Å². The molecule has 0 aromatic carbocycles. The summed E-state index contributed by atoms with van der Waals surface area (Å²) in [6.07, 6.45) is 0. The Morgan fingerprint density at radius 2 is 2.00 bits per heavy atom. The van der Waals surface area contributed by atoms with Crippen LogP contribution in [-0.4, -0.2) is 31.3 Å². The first kappa shape index (κ1) is 11.0. The number of hydrogen-bond acceptors (Lipinski definition) is 3. The number of aryl methyl sites for hydroxylation is 1. The lowest BCUT2D eigenvalue weighted by Gasteiger charge is -2.29. The molecule has 82 valence electrons. The Hall–Kier alpha value is -0.510. The van der Waals surface area contributed by atoms with Gasteiger partial charge in [-0.25, -0.2) is 4.98 Å². The van der Waals surface area contributed by atoms with E-state index in [2.05, 4.69) is 9.88 Å². The number of hydrogen-bond donors (Lipinski definition) is 0. The lowest BCUT2D eigenvalue weighted by atomic mass is 10.3. The van der Waals surface area contributed by atoms with Crippen molar-refractivity contribution in [2.45, 2.75) is 6.92 Å². The predicted molar refractivity (Wildman–Crippen MR) is 62.0 cm³/mol. The van der Waals surface area contributed by atoms with Gasteiger partial charge in [0, 0.05) is 18.8 Å². The lowest BCUT2D eigenvalue weighted by Crippen LogP contribution is -2.36. The van der Waals surface area contributed by atoms with Gasteiger partial charge >= 0.3 is 0 Å². The van der Waals surface area contributed by atoms with Crippen LogP contribution in [-0.2, 0) is 4.74 Å². The molecule has 1 aromatic rings. The van der Waals surface area contributed by atoms with Crippen LogP contribution in [0.4, 0.5) is 5.69 Å². The number of rotatable bonds is 1. The predicted octanol–water partition coefficient (Wildman–Crippen LogP) is 2.53. The molecule has 0 atom stereocenters. The van der Waals surface area contributed by atoms with Crippen molar-refractivity contribution in [2.24, 2.45) is 0 Å². The summed E-state index contributed by atoms with van der Waals surface area (Å²) in [6.45, 7) is 4.91. The second kappa shape index (κ2) is 4.56. The molecule has 0 radical (unpaired) electrons. The fraction of sp³-hybridized carbons (Fsp3) is 0.500. The number of pyridine rings is 1. The van der Waals surface area contributed by atoms with Crippen LogP contribution in [0.25, 0.3) is 0 Å². The summed E-state index contributed by atoms with van der Waals surface area (Å²) < 4.78 is 5.28. The average molecular weight is 247 g/mol. The third kappa shape index (κ3) is 2.36. The van der Waals surface area contributed by atoms with Gasteiger partial charge in [0.1, 0.15) is 0 Å². The number of aromatic nitrogens is 1. The summed E-state index contributed by atoms with van der Waals surface area (Å²) in [5.41, 5.74) is 1.66. The highest BCUT2D eigenvalue weighted by molar-refractivity contribution is 6.38. The standard InChI is InChI=1S/C10H12Cl2N2O/c1-7-6-8(11)9(10(12)13-7)14-2-4-15-5-3-14/h6H,2-5H2,1H3. The van der Waals surface area contributed by atoms with E-state index >= 15 is 0 Å². The van der Waals surface area contributed by atoms with E-state index in [1.54, 1.807) is 0 Å². The van der Waals surface area contributed by atoms with Crippen LogP contribution in [0.3, 0.4) is 0 Å². The largest absolute Gasteiger partial charge is 0.378 e. The minimum absolute atomic E-state index is 0.474. The zero-order valence-electron chi connectivity index (χ0n) is 8.46. The van der Waals surface area contributed by atoms with E-state index in [1.807, 2.05) is 13.0 Å². The van der Waals surface area contributed by atoms with Crippen molar-refractivity contribution < 1.29 is 4.74 Å². The van der Waals surface area contributed by atoms with Gasteiger partial charge < -0.3 is 9.64 Å². The van der Waals surface area contributed by atoms with Crippen molar-refractivity contribution in [1.82, 2.24) is 4.98 Å². The van der Waals surface area contributed by atoms with Crippen molar-refractivity contribution in [3.05, 3.63) is 21.9 Å². The number of morpholine rings is 1. The molecule has 0 bridgehead atoms. The molecule has 0 amide bonds. The SMILES string of the molecule is Cc1cc(Cl)c(N2CCOCC2)c(Cl)n1. The van der Waals surface area contributed by atoms with E-state index in [0.29, 0.717) is 23.4 Å². The summed E-state index contributed by atoms with van der Waals surface area (Å²) in [4.78, 5) is 6.32. The molecule has 2 rings (SSSR count). The number of halogens is 2. The van der Waals surface area contributed by atoms with Gasteiger partial charge in [-0.15, -0.1) is 0 Å². The minimum atomic E-state index is 0.474. The minimum Gasteiger partial charge on any atom is -0.378 e. The van der Waals surface area contributed by atoms with Crippen molar-refractivity contribution in [3.63, 3.8) is 0 Å². The zero-order chi connectivity index (χ0) is 10.8. The average Bonchev–Trinajstić information content (AvgIpc) is 2.17. The maximum atomic E-state index is 6.16. The zero-order valence-corrected chi connectivity index (χ0v) is 9.98. The van der Waals surface area contributed by atoms with E-state index in [-0.39, 0.29) is 0 Å². The van der Waals surface area contributed by atoms with Gasteiger partial charge in [0.25, 0.3) is 0 Å². The van der Waals surface area contributed by atoms with Gasteiger partial charge in [0.2, 0.25) is 0 Å². The number of anilines is 1. The molecule has 0 unspecified atom stereocenters. The fourth-order valence-corrected chi connectivity index (χ4v) is 2.43. The second-order valence-corrected chi connectivity index (χ2v) is 4.25. The Balaban J connectivity index is 2.33. The number of nitrogens with zero attached hydrogens (tertiary/aromatic N) is 2. The second-order valence-electron chi connectivity index (χ2n) is 3.48. The van der Waals surface area contributed by atoms with E-state index in [0.717, 1.165) is 24.5 Å². The van der Waals surface area contributed by atoms with Gasteiger partial charge in [-0.1, -0.05) is 23.2 Å². The maximum Gasteiger partial charge on any atom is 0.154 e. The van der Waals surface area contributed by atoms with Crippen LogP contribution in [0, 0.1) is 6.92 Å². The van der Waals surface area contributed by atoms with E-state index in [9.17, 15) is 0 Å². The van der Waals surface area contributed by atoms with Gasteiger partial charge in [0.15, 0.2) is 5.15 Å². The van der Waals surface area contributed by atoms with E-state index < -0.39 is 0 Å². The van der Waals surface area contributed by atoms with E-state index in [4.69, 9.17) is 27.9 Å². The Morgan fingerprint density at radius 1 is 1.33 bits per heavy atom. The molecule has 1 aromatic heterocycles. The quantitative estimate of drug-likeness (QED) is 0.713. The molecular formula is C10H12Cl2N2O. The third-order valence-corrected chi connectivity index (χ3v) is 2.91. The Labute approximate surface area is 98.9 Å². The molecule has 1 fully saturated rings. The Bertz CT molecular complexity index is 341. The van der Waals surface area contributed by atoms with Crippen molar-refractivity contribution in [2.75, 3.05) is 31.2 Å². The van der Waals surface area contributed by atoms with Crippen LogP contribution >= 0.6 is 23.2 Å². The molecule has 3 nitrogen and oxygen atoms in total. The number of ether oxygens (including phenoxy) is 1. The highest BCUT2D eigenvalue weighted by Gasteiger charge is 2.18. The summed E-state index contributed by atoms with van der Waals surface area (Å²) in [6, 6.07) is 1.83. The lowest BCUT2D eigenvalue weighted by molar-refractivity contribution is 0.122. The highest BCUT2D eigenvalue weighted by Crippen LogP contribution is 2.33. The summed E-state index contributed by atoms with van der Waals surface area (Å²) in [5, 5.41) is 1.14. The smallest absolute Gasteiger partial charge is 0.154 e. The van der Waals surface area contributed by atoms with Crippen LogP contribution in [0.5, 0.6) is 0 Å². The monoisotopic (exact) mass is 246 g/mol. The molecule has 5 heteroatoms. The molecule has 2 heterocycles. The first-order valence-electron chi connectivity index (χ1n) is 4.84. The molecule has 15 heavy (non-hydrogen) atoms. The summed E-state index contributed by atoms with van der Waals surface area (Å²) in [7, 11) is 0. The highest BCUT2D eigenvalue weighted by atomic mass is 35.5. The molecule has 0 spiro atoms. The van der Waals surface area contributed by atoms with Crippen LogP contribution in [0.2, 0.25) is 10.2 Å². The first-order chi connectivity index (χ1) is 7.18. The van der Waals surface area contributed by atoms with Gasteiger partial charge in [-0.2, -0.15) is 0 Å². The summed E-state index contributed by atoms with van der Waals surface area (Å²) >= 11 is 12.3. The molecular weight excluding hydrogens is 235 g/mol. The van der Waals surface area contributed by atoms with Crippen molar-refractivity contribution >= 4 is 28.9 Å². The Morgan fingerprint density at radius 3 is 2.60 bits per heavy atom. The molecule has 1 aliphatic heterocycles.